The van der Waals surface area contributed by atoms with Gasteiger partial charge in [0.1, 0.15) is 18.3 Å². The van der Waals surface area contributed by atoms with Crippen molar-refractivity contribution in [1.29, 1.82) is 0 Å². The molecule has 8 N–H and O–H groups in total. The second-order valence-electron chi connectivity index (χ2n) is 9.36. The van der Waals surface area contributed by atoms with E-state index >= 15 is 0 Å². The van der Waals surface area contributed by atoms with Crippen molar-refractivity contribution in [2.45, 2.75) is 82.7 Å². The van der Waals surface area contributed by atoms with Crippen LogP contribution in [0.3, 0.4) is 0 Å². The minimum atomic E-state index is -2.52. The molecule has 0 aromatic heterocycles. The Morgan fingerprint density at radius 3 is 1.94 bits per heavy atom. The summed E-state index contributed by atoms with van der Waals surface area (Å²) in [5, 5.41) is 52.2. The molecule has 0 saturated carbocycles. The van der Waals surface area contributed by atoms with Crippen molar-refractivity contribution < 1.29 is 39.2 Å². The van der Waals surface area contributed by atoms with Gasteiger partial charge in [-0.2, -0.15) is 0 Å². The maximum atomic E-state index is 11.7. The predicted molar refractivity (Wildman–Crippen MR) is 129 cm³/mol. The molecule has 0 saturated heterocycles. The number of aliphatic hydroxyl groups is 5. The van der Waals surface area contributed by atoms with Crippen LogP contribution in [0.4, 0.5) is 0 Å². The lowest BCUT2D eigenvalue weighted by Gasteiger charge is -2.29. The molecule has 0 rings (SSSR count). The number of rotatable bonds is 14. The molecular formula is C18H46N2O8Si3. The number of aliphatic hydroxyl groups excluding tert-OH is 5. The number of carbonyl (C=O) groups excluding carboxylic acids is 1. The lowest BCUT2D eigenvalue weighted by molar-refractivity contribution is -0.148. The van der Waals surface area contributed by atoms with E-state index in [2.05, 4.69) is 43.4 Å². The Kier molecular flexibility index (Phi) is 17.5. The van der Waals surface area contributed by atoms with Crippen LogP contribution in [-0.4, -0.2) is 113 Å². The van der Waals surface area contributed by atoms with Crippen LogP contribution in [0.15, 0.2) is 0 Å². The van der Waals surface area contributed by atoms with E-state index in [-0.39, 0.29) is 15.3 Å². The van der Waals surface area contributed by atoms with E-state index in [9.17, 15) is 30.0 Å². The lowest BCUT2D eigenvalue weighted by Crippen LogP contribution is -2.52. The zero-order valence-electron chi connectivity index (χ0n) is 20.1. The molecule has 4 atom stereocenters. The van der Waals surface area contributed by atoms with Gasteiger partial charge < -0.3 is 45.1 Å². The van der Waals surface area contributed by atoms with Gasteiger partial charge in [0.25, 0.3) is 5.91 Å². The third kappa shape index (κ3) is 19.0. The highest BCUT2D eigenvalue weighted by Crippen LogP contribution is 2.17. The van der Waals surface area contributed by atoms with Crippen LogP contribution in [0, 0.1) is 0 Å². The molecule has 0 aromatic carbocycles. The first-order valence-corrected chi connectivity index (χ1v) is 20.2. The maximum absolute atomic E-state index is 11.7. The highest BCUT2D eigenvalue weighted by Gasteiger charge is 2.34. The van der Waals surface area contributed by atoms with Gasteiger partial charge in [-0.1, -0.05) is 19.6 Å². The quantitative estimate of drug-likeness (QED) is 0.104. The van der Waals surface area contributed by atoms with Crippen LogP contribution >= 0.6 is 0 Å². The maximum Gasteiger partial charge on any atom is 0.318 e. The van der Waals surface area contributed by atoms with E-state index < -0.39 is 53.8 Å². The Labute approximate surface area is 190 Å². The molecule has 31 heavy (non-hydrogen) atoms. The van der Waals surface area contributed by atoms with Crippen LogP contribution in [0.25, 0.3) is 0 Å². The third-order valence-corrected chi connectivity index (χ3v) is 9.55. The smallest absolute Gasteiger partial charge is 0.318 e. The number of carbonyl (C=O) groups is 1. The minimum absolute atomic E-state index is 0.139. The molecule has 13 heteroatoms. The second kappa shape index (κ2) is 16.4. The molecule has 188 valence electrons. The first-order chi connectivity index (χ1) is 14.0. The molecule has 0 heterocycles. The van der Waals surface area contributed by atoms with Crippen molar-refractivity contribution in [2.24, 2.45) is 0 Å². The number of nitrogens with one attached hydrogen (secondary N) is 2. The van der Waals surface area contributed by atoms with Crippen LogP contribution in [0.5, 0.6) is 0 Å². The fraction of sp³-hybridized carbons (Fsp3) is 0.944. The van der Waals surface area contributed by atoms with Crippen molar-refractivity contribution in [1.82, 2.24) is 10.6 Å². The largest absolute Gasteiger partial charge is 0.436 e. The van der Waals surface area contributed by atoms with Gasteiger partial charge in [0.05, 0.1) is 6.61 Å². The van der Waals surface area contributed by atoms with Crippen molar-refractivity contribution in [2.75, 3.05) is 26.2 Å². The van der Waals surface area contributed by atoms with Crippen LogP contribution in [0.1, 0.15) is 6.42 Å². The Morgan fingerprint density at radius 2 is 1.48 bits per heavy atom. The number of hydrogen-bond donors (Lipinski definition) is 8. The predicted octanol–water partition coefficient (Wildman–Crippen LogP) is -1.46. The van der Waals surface area contributed by atoms with E-state index in [1.807, 2.05) is 0 Å². The van der Waals surface area contributed by atoms with Gasteiger partial charge in [-0.3, -0.25) is 4.79 Å². The normalized spacial score (nSPS) is 16.2. The monoisotopic (exact) mass is 502 g/mol. The fourth-order valence-electron chi connectivity index (χ4n) is 2.55. The molecule has 0 radical (unpaired) electrons. The van der Waals surface area contributed by atoms with Gasteiger partial charge in [0.15, 0.2) is 14.4 Å². The molecule has 0 aromatic rings. The van der Waals surface area contributed by atoms with Gasteiger partial charge >= 0.3 is 8.56 Å². The molecule has 0 fully saturated rings. The third-order valence-electron chi connectivity index (χ3n) is 3.78. The standard InChI is InChI=1S/C15H36N2O8Si2.C3H10Si/c1-26(2,25-27(3,4)24)9-5-6-16-7-8-17-15(23)14(22)13(21)12(20)11(19)10-18;1-4(2)3/h11-14,16,18-22,24H,5-10H2,1-4H3,(H,17,23);4H,1-3H3. The van der Waals surface area contributed by atoms with Crippen molar-refractivity contribution >= 4 is 31.6 Å². The van der Waals surface area contributed by atoms with Gasteiger partial charge in [-0.15, -0.1) is 0 Å². The Hall–Kier alpha value is -0.199. The van der Waals surface area contributed by atoms with Gasteiger partial charge in [-0.05, 0) is 45.2 Å². The Morgan fingerprint density at radius 1 is 0.968 bits per heavy atom. The van der Waals surface area contributed by atoms with Crippen LogP contribution < -0.4 is 10.6 Å². The molecule has 0 aliphatic heterocycles. The van der Waals surface area contributed by atoms with Crippen LogP contribution in [-0.2, 0) is 8.91 Å². The molecular weight excluding hydrogens is 456 g/mol. The summed E-state index contributed by atoms with van der Waals surface area (Å²) in [6, 6.07) is 0.888. The molecule has 0 bridgehead atoms. The summed E-state index contributed by atoms with van der Waals surface area (Å²) >= 11 is 0. The summed E-state index contributed by atoms with van der Waals surface area (Å²) < 4.78 is 5.82. The van der Waals surface area contributed by atoms with E-state index in [1.54, 1.807) is 13.1 Å². The first kappa shape index (κ1) is 33.0. The van der Waals surface area contributed by atoms with Gasteiger partial charge in [0, 0.05) is 21.9 Å². The van der Waals surface area contributed by atoms with E-state index in [4.69, 9.17) is 9.22 Å². The second-order valence-corrected chi connectivity index (χ2v) is 20.6. The molecule has 0 aliphatic carbocycles. The van der Waals surface area contributed by atoms with Gasteiger partial charge in [-0.25, -0.2) is 0 Å². The topological polar surface area (TPSA) is 172 Å². The molecule has 0 aliphatic rings. The SMILES string of the molecule is C[SiH](C)C.C[Si](C)(O)O[Si](C)(C)CCCNCCNC(=O)C(O)C(O)C(O)C(O)CO. The summed E-state index contributed by atoms with van der Waals surface area (Å²) in [5.74, 6) is -0.884. The lowest BCUT2D eigenvalue weighted by atomic mass is 10.0. The summed E-state index contributed by atoms with van der Waals surface area (Å²) in [6.45, 7) is 15.1. The van der Waals surface area contributed by atoms with Crippen molar-refractivity contribution in [3.63, 3.8) is 0 Å². The number of hydrogen-bond acceptors (Lipinski definition) is 9. The van der Waals surface area contributed by atoms with Crippen molar-refractivity contribution in [3.05, 3.63) is 0 Å². The fourth-order valence-corrected chi connectivity index (χ4v) is 9.39. The highest BCUT2D eigenvalue weighted by atomic mass is 28.4. The average molecular weight is 503 g/mol. The summed E-state index contributed by atoms with van der Waals surface area (Å²) in [5.41, 5.74) is 0. The molecule has 4 unspecified atom stereocenters. The van der Waals surface area contributed by atoms with E-state index in [1.165, 1.54) is 0 Å². The first-order valence-electron chi connectivity index (χ1n) is 10.8. The summed E-state index contributed by atoms with van der Waals surface area (Å²) in [7, 11) is -4.56. The van der Waals surface area contributed by atoms with Gasteiger partial charge in [0.2, 0.25) is 0 Å². The Balaban J connectivity index is 0. The molecule has 1 amide bonds. The van der Waals surface area contributed by atoms with E-state index in [0.717, 1.165) is 12.5 Å². The summed E-state index contributed by atoms with van der Waals surface area (Å²) in [4.78, 5) is 21.6. The molecule has 10 nitrogen and oxygen atoms in total. The highest BCUT2D eigenvalue weighted by molar-refractivity contribution is 6.81. The van der Waals surface area contributed by atoms with Crippen LogP contribution in [0.2, 0.25) is 51.9 Å². The van der Waals surface area contributed by atoms with E-state index in [0.29, 0.717) is 13.1 Å². The summed E-state index contributed by atoms with van der Waals surface area (Å²) in [6.07, 6.45) is -6.46. The number of amides is 1. The zero-order chi connectivity index (χ0) is 24.8. The zero-order valence-corrected chi connectivity index (χ0v) is 23.3. The molecule has 0 spiro atoms. The Bertz CT molecular complexity index is 478. The van der Waals surface area contributed by atoms with Crippen molar-refractivity contribution in [3.8, 4) is 0 Å². The average Bonchev–Trinajstić information content (AvgIpc) is 2.61. The minimum Gasteiger partial charge on any atom is -0.436 e.